The van der Waals surface area contributed by atoms with E-state index < -0.39 is 5.97 Å². The second kappa shape index (κ2) is 6.00. The number of nitrogens with one attached hydrogen (secondary N) is 1. The van der Waals surface area contributed by atoms with E-state index in [0.717, 1.165) is 17.2 Å². The first-order valence-electron chi connectivity index (χ1n) is 5.72. The molecule has 0 heterocycles. The van der Waals surface area contributed by atoms with Crippen molar-refractivity contribution in [3.05, 3.63) is 41.0 Å². The van der Waals surface area contributed by atoms with Gasteiger partial charge >= 0.3 is 5.97 Å². The predicted molar refractivity (Wildman–Crippen MR) is 70.5 cm³/mol. The van der Waals surface area contributed by atoms with Crippen LogP contribution in [0.2, 0.25) is 0 Å². The van der Waals surface area contributed by atoms with Gasteiger partial charge in [0.15, 0.2) is 0 Å². The molecule has 2 N–H and O–H groups in total. The lowest BCUT2D eigenvalue weighted by molar-refractivity contribution is -0.131. The fourth-order valence-electron chi connectivity index (χ4n) is 1.47. The molecule has 0 atom stereocenters. The third kappa shape index (κ3) is 4.05. The minimum absolute atomic E-state index is 0.0665. The van der Waals surface area contributed by atoms with E-state index in [4.69, 9.17) is 5.11 Å². The van der Waals surface area contributed by atoms with Gasteiger partial charge in [-0.2, -0.15) is 0 Å². The normalized spacial score (nSPS) is 10.9. The van der Waals surface area contributed by atoms with Crippen LogP contribution in [0.25, 0.3) is 6.08 Å². The molecule has 1 rings (SSSR count). The number of amides is 1. The van der Waals surface area contributed by atoms with Crippen molar-refractivity contribution < 1.29 is 14.7 Å². The fraction of sp³-hybridized carbons (Fsp3) is 0.286. The summed E-state index contributed by atoms with van der Waals surface area (Å²) in [6, 6.07) is 5.28. The molecule has 0 saturated carbocycles. The fourth-order valence-corrected chi connectivity index (χ4v) is 1.47. The molecule has 18 heavy (non-hydrogen) atoms. The Balaban J connectivity index is 3.00. The molecule has 1 amide bonds. The molecular formula is C14H17NO3. The van der Waals surface area contributed by atoms with Crippen LogP contribution in [0.15, 0.2) is 24.3 Å². The summed E-state index contributed by atoms with van der Waals surface area (Å²) in [6.45, 7) is 5.64. The van der Waals surface area contributed by atoms with Crippen LogP contribution >= 0.6 is 0 Å². The average Bonchev–Trinajstić information content (AvgIpc) is 2.26. The molecule has 4 nitrogen and oxygen atoms in total. The minimum Gasteiger partial charge on any atom is -0.478 e. The van der Waals surface area contributed by atoms with Gasteiger partial charge < -0.3 is 10.4 Å². The van der Waals surface area contributed by atoms with E-state index in [1.54, 1.807) is 18.2 Å². The van der Waals surface area contributed by atoms with Crippen LogP contribution in [0.3, 0.4) is 0 Å². The van der Waals surface area contributed by atoms with Gasteiger partial charge in [-0.25, -0.2) is 4.79 Å². The maximum Gasteiger partial charge on any atom is 0.328 e. The lowest BCUT2D eigenvalue weighted by Crippen LogP contribution is -2.30. The lowest BCUT2D eigenvalue weighted by atomic mass is 10.0. The van der Waals surface area contributed by atoms with Gasteiger partial charge in [0.05, 0.1) is 0 Å². The second-order valence-electron chi connectivity index (χ2n) is 4.37. The summed E-state index contributed by atoms with van der Waals surface area (Å²) in [4.78, 5) is 22.3. The van der Waals surface area contributed by atoms with Crippen LogP contribution in [0.5, 0.6) is 0 Å². The van der Waals surface area contributed by atoms with Crippen molar-refractivity contribution in [1.29, 1.82) is 0 Å². The van der Waals surface area contributed by atoms with Crippen molar-refractivity contribution in [3.8, 4) is 0 Å². The van der Waals surface area contributed by atoms with E-state index in [9.17, 15) is 9.59 Å². The number of aryl methyl sites for hydroxylation is 1. The summed E-state index contributed by atoms with van der Waals surface area (Å²) >= 11 is 0. The summed E-state index contributed by atoms with van der Waals surface area (Å²) in [5, 5.41) is 11.4. The average molecular weight is 247 g/mol. The molecule has 0 saturated heterocycles. The Morgan fingerprint density at radius 2 is 2.00 bits per heavy atom. The van der Waals surface area contributed by atoms with Gasteiger partial charge in [0.2, 0.25) is 0 Å². The van der Waals surface area contributed by atoms with Crippen molar-refractivity contribution in [1.82, 2.24) is 5.32 Å². The van der Waals surface area contributed by atoms with Gasteiger partial charge in [0, 0.05) is 17.7 Å². The third-order valence-corrected chi connectivity index (χ3v) is 2.37. The zero-order chi connectivity index (χ0) is 13.7. The Kier molecular flexibility index (Phi) is 4.66. The first-order valence-corrected chi connectivity index (χ1v) is 5.72. The van der Waals surface area contributed by atoms with Gasteiger partial charge in [0.25, 0.3) is 5.91 Å². The number of carbonyl (C=O) groups is 2. The zero-order valence-corrected chi connectivity index (χ0v) is 10.7. The van der Waals surface area contributed by atoms with Crippen molar-refractivity contribution >= 4 is 18.0 Å². The molecule has 0 aliphatic rings. The molecular weight excluding hydrogens is 230 g/mol. The first-order chi connectivity index (χ1) is 8.40. The summed E-state index contributed by atoms with van der Waals surface area (Å²) < 4.78 is 0. The SMILES string of the molecule is Cc1ccc(C(=O)NC(C)C)cc1/C=C/C(=O)O. The highest BCUT2D eigenvalue weighted by Gasteiger charge is 2.08. The molecule has 0 fully saturated rings. The first kappa shape index (κ1) is 14.0. The molecule has 0 aromatic heterocycles. The van der Waals surface area contributed by atoms with Crippen molar-refractivity contribution in [2.75, 3.05) is 0 Å². The zero-order valence-electron chi connectivity index (χ0n) is 10.7. The highest BCUT2D eigenvalue weighted by molar-refractivity contribution is 5.95. The van der Waals surface area contributed by atoms with E-state index in [2.05, 4.69) is 5.32 Å². The molecule has 0 radical (unpaired) electrons. The maximum atomic E-state index is 11.8. The lowest BCUT2D eigenvalue weighted by Gasteiger charge is -2.09. The standard InChI is InChI=1S/C14H17NO3/c1-9(2)15-14(18)12-5-4-10(3)11(8-12)6-7-13(16)17/h4-9H,1-3H3,(H,15,18)(H,16,17)/b7-6+. The third-order valence-electron chi connectivity index (χ3n) is 2.37. The Hall–Kier alpha value is -2.10. The van der Waals surface area contributed by atoms with E-state index in [1.807, 2.05) is 20.8 Å². The van der Waals surface area contributed by atoms with E-state index in [0.29, 0.717) is 5.56 Å². The molecule has 1 aromatic carbocycles. The van der Waals surface area contributed by atoms with Crippen LogP contribution in [-0.4, -0.2) is 23.0 Å². The van der Waals surface area contributed by atoms with Crippen molar-refractivity contribution in [3.63, 3.8) is 0 Å². The molecule has 96 valence electrons. The maximum absolute atomic E-state index is 11.8. The molecule has 0 aliphatic carbocycles. The van der Waals surface area contributed by atoms with Crippen LogP contribution in [0.1, 0.15) is 35.3 Å². The van der Waals surface area contributed by atoms with Gasteiger partial charge in [-0.3, -0.25) is 4.79 Å². The minimum atomic E-state index is -1.01. The van der Waals surface area contributed by atoms with E-state index in [1.165, 1.54) is 6.08 Å². The molecule has 0 bridgehead atoms. The topological polar surface area (TPSA) is 66.4 Å². The molecule has 0 unspecified atom stereocenters. The van der Waals surface area contributed by atoms with Crippen LogP contribution < -0.4 is 5.32 Å². The number of carbonyl (C=O) groups excluding carboxylic acids is 1. The summed E-state index contributed by atoms with van der Waals surface area (Å²) in [7, 11) is 0. The van der Waals surface area contributed by atoms with Crippen LogP contribution in [0, 0.1) is 6.92 Å². The summed E-state index contributed by atoms with van der Waals surface area (Å²) in [5.74, 6) is -1.17. The Morgan fingerprint density at radius 3 is 2.56 bits per heavy atom. The van der Waals surface area contributed by atoms with Gasteiger partial charge in [0.1, 0.15) is 0 Å². The van der Waals surface area contributed by atoms with Crippen LogP contribution in [0.4, 0.5) is 0 Å². The number of hydrogen-bond acceptors (Lipinski definition) is 2. The quantitative estimate of drug-likeness (QED) is 0.802. The molecule has 4 heteroatoms. The molecule has 0 aliphatic heterocycles. The molecule has 1 aromatic rings. The highest BCUT2D eigenvalue weighted by atomic mass is 16.4. The Bertz CT molecular complexity index is 490. The summed E-state index contributed by atoms with van der Waals surface area (Å²) in [6.07, 6.45) is 2.55. The largest absolute Gasteiger partial charge is 0.478 e. The van der Waals surface area contributed by atoms with Gasteiger partial charge in [-0.05, 0) is 50.1 Å². The van der Waals surface area contributed by atoms with E-state index in [-0.39, 0.29) is 11.9 Å². The van der Waals surface area contributed by atoms with Gasteiger partial charge in [-0.15, -0.1) is 0 Å². The number of hydrogen-bond donors (Lipinski definition) is 2. The number of rotatable bonds is 4. The predicted octanol–water partition coefficient (Wildman–Crippen LogP) is 2.23. The molecule has 0 spiro atoms. The van der Waals surface area contributed by atoms with Crippen molar-refractivity contribution in [2.24, 2.45) is 0 Å². The number of carboxylic acids is 1. The van der Waals surface area contributed by atoms with Gasteiger partial charge in [-0.1, -0.05) is 6.07 Å². The van der Waals surface area contributed by atoms with Crippen LogP contribution in [-0.2, 0) is 4.79 Å². The highest BCUT2D eigenvalue weighted by Crippen LogP contribution is 2.13. The number of aliphatic carboxylic acids is 1. The van der Waals surface area contributed by atoms with E-state index >= 15 is 0 Å². The monoisotopic (exact) mass is 247 g/mol. The Morgan fingerprint density at radius 1 is 1.33 bits per heavy atom. The van der Waals surface area contributed by atoms with Crippen molar-refractivity contribution in [2.45, 2.75) is 26.8 Å². The Labute approximate surface area is 106 Å². The number of carboxylic acid groups (broad SMARTS) is 1. The second-order valence-corrected chi connectivity index (χ2v) is 4.37. The number of benzene rings is 1. The summed E-state index contributed by atoms with van der Waals surface area (Å²) in [5.41, 5.74) is 2.18. The smallest absolute Gasteiger partial charge is 0.328 e.